The molecule has 0 radical (unpaired) electrons. The summed E-state index contributed by atoms with van der Waals surface area (Å²) in [7, 11) is 0. The van der Waals surface area contributed by atoms with Gasteiger partial charge in [0.05, 0.1) is 0 Å². The monoisotopic (exact) mass is 370 g/mol. The van der Waals surface area contributed by atoms with Crippen LogP contribution in [0.25, 0.3) is 0 Å². The summed E-state index contributed by atoms with van der Waals surface area (Å²) in [4.78, 5) is 11.6. The van der Waals surface area contributed by atoms with Crippen molar-refractivity contribution in [2.24, 2.45) is 11.8 Å². The van der Waals surface area contributed by atoms with Crippen LogP contribution in [0.4, 0.5) is 0 Å². The van der Waals surface area contributed by atoms with E-state index in [2.05, 4.69) is 6.58 Å². The van der Waals surface area contributed by atoms with Crippen molar-refractivity contribution in [2.75, 3.05) is 6.61 Å². The van der Waals surface area contributed by atoms with Gasteiger partial charge in [-0.25, -0.2) is 0 Å². The first-order valence-corrected chi connectivity index (χ1v) is 10.1. The number of aliphatic hydroxyl groups is 1. The van der Waals surface area contributed by atoms with Gasteiger partial charge in [0, 0.05) is 0 Å². The molecule has 1 saturated heterocycles. The molecule has 120 valence electrons. The van der Waals surface area contributed by atoms with Gasteiger partial charge in [-0.1, -0.05) is 0 Å². The molecule has 5 atom stereocenters. The molecule has 0 aliphatic carbocycles. The molecule has 22 heavy (non-hydrogen) atoms. The Kier molecular flexibility index (Phi) is 6.06. The molecule has 0 aromatic heterocycles. The van der Waals surface area contributed by atoms with Gasteiger partial charge in [-0.3, -0.25) is 0 Å². The van der Waals surface area contributed by atoms with Crippen LogP contribution in [0.1, 0.15) is 19.8 Å². The van der Waals surface area contributed by atoms with Crippen LogP contribution >= 0.6 is 0 Å². The van der Waals surface area contributed by atoms with Crippen LogP contribution in [0.15, 0.2) is 43.0 Å². The van der Waals surface area contributed by atoms with Gasteiger partial charge >= 0.3 is 135 Å². The molecule has 0 amide bonds. The van der Waals surface area contributed by atoms with Gasteiger partial charge in [0.2, 0.25) is 0 Å². The second kappa shape index (κ2) is 7.82. The van der Waals surface area contributed by atoms with Crippen molar-refractivity contribution in [1.82, 2.24) is 0 Å². The number of esters is 1. The molecule has 5 heteroatoms. The summed E-state index contributed by atoms with van der Waals surface area (Å²) < 4.78 is 18.7. The fourth-order valence-corrected chi connectivity index (χ4v) is 6.06. The van der Waals surface area contributed by atoms with Gasteiger partial charge in [-0.05, 0) is 0 Å². The van der Waals surface area contributed by atoms with Gasteiger partial charge < -0.3 is 0 Å². The first kappa shape index (κ1) is 17.1. The van der Waals surface area contributed by atoms with Crippen molar-refractivity contribution >= 4 is 24.3 Å². The summed E-state index contributed by atoms with van der Waals surface area (Å²) >= 11 is -2.44. The number of allylic oxidation sites excluding steroid dienone is 1. The SMILES string of the molecule is C=CC[C@H]1COC(=O)[C@@H]1[C@@H](O)[C@H](CC)[Se](=O)c1ccccc1. The van der Waals surface area contributed by atoms with Gasteiger partial charge in [0.15, 0.2) is 0 Å². The molecule has 0 spiro atoms. The average molecular weight is 369 g/mol. The Bertz CT molecular complexity index is 543. The molecular weight excluding hydrogens is 347 g/mol. The third kappa shape index (κ3) is 3.54. The summed E-state index contributed by atoms with van der Waals surface area (Å²) in [5, 5.41) is 10.7. The van der Waals surface area contributed by atoms with E-state index >= 15 is 0 Å². The van der Waals surface area contributed by atoms with Crippen LogP contribution in [-0.4, -0.2) is 37.6 Å². The maximum absolute atomic E-state index is 12.8. The summed E-state index contributed by atoms with van der Waals surface area (Å²) in [5.74, 6) is -1.07. The number of benzene rings is 1. The van der Waals surface area contributed by atoms with Crippen LogP contribution in [0.3, 0.4) is 0 Å². The minimum absolute atomic E-state index is 0.0800. The molecule has 1 aliphatic rings. The van der Waals surface area contributed by atoms with Crippen molar-refractivity contribution in [3.63, 3.8) is 0 Å². The van der Waals surface area contributed by atoms with E-state index in [-0.39, 0.29) is 11.9 Å². The van der Waals surface area contributed by atoms with Crippen molar-refractivity contribution in [3.05, 3.63) is 43.0 Å². The number of rotatable bonds is 7. The van der Waals surface area contributed by atoms with E-state index < -0.39 is 30.7 Å². The summed E-state index contributed by atoms with van der Waals surface area (Å²) in [5.41, 5.74) is 0. The molecule has 1 aromatic rings. The first-order chi connectivity index (χ1) is 10.6. The summed E-state index contributed by atoms with van der Waals surface area (Å²) in [6.07, 6.45) is 1.97. The molecule has 1 unspecified atom stereocenters. The van der Waals surface area contributed by atoms with Crippen LogP contribution in [0.2, 0.25) is 4.82 Å². The fraction of sp³-hybridized carbons (Fsp3) is 0.471. The number of carbonyl (C=O) groups is 1. The molecule has 1 heterocycles. The van der Waals surface area contributed by atoms with Gasteiger partial charge in [-0.2, -0.15) is 0 Å². The predicted octanol–water partition coefficient (Wildman–Crippen LogP) is 1.82. The van der Waals surface area contributed by atoms with Crippen molar-refractivity contribution in [1.29, 1.82) is 0 Å². The predicted molar refractivity (Wildman–Crippen MR) is 85.3 cm³/mol. The number of carbonyl (C=O) groups excluding carboxylic acids is 1. The normalized spacial score (nSPS) is 25.3. The Hall–Kier alpha value is -1.29. The molecule has 1 N–H and O–H groups in total. The maximum atomic E-state index is 12.8. The quantitative estimate of drug-likeness (QED) is 0.453. The standard InChI is InChI=1S/C17H22O4Se/c1-3-8-12-11-21-17(19)15(12)16(18)14(4-2)22(20)13-9-6-5-7-10-13/h3,5-7,9-10,12,14-16,18H,1,4,8,11H2,2H3/t12-,14-,15-,16-,22?/m0/s1. The zero-order chi connectivity index (χ0) is 16.1. The number of ether oxygens (including phenoxy) is 1. The summed E-state index contributed by atoms with van der Waals surface area (Å²) in [6.45, 7) is 5.89. The van der Waals surface area contributed by atoms with E-state index in [0.717, 1.165) is 4.46 Å². The Balaban J connectivity index is 2.20. The third-order valence-corrected chi connectivity index (χ3v) is 8.07. The molecule has 1 aliphatic heterocycles. The Morgan fingerprint density at radius 1 is 1.45 bits per heavy atom. The topological polar surface area (TPSA) is 63.6 Å². The van der Waals surface area contributed by atoms with Crippen LogP contribution in [0.5, 0.6) is 0 Å². The van der Waals surface area contributed by atoms with Gasteiger partial charge in [0.25, 0.3) is 0 Å². The number of cyclic esters (lactones) is 1. The molecule has 2 rings (SSSR count). The Morgan fingerprint density at radius 2 is 2.14 bits per heavy atom. The van der Waals surface area contributed by atoms with E-state index in [1.54, 1.807) is 6.08 Å². The van der Waals surface area contributed by atoms with Gasteiger partial charge in [-0.15, -0.1) is 0 Å². The molecule has 1 aromatic carbocycles. The van der Waals surface area contributed by atoms with Crippen LogP contribution in [0, 0.1) is 11.8 Å². The number of aliphatic hydroxyl groups excluding tert-OH is 1. The zero-order valence-corrected chi connectivity index (χ0v) is 14.4. The molecule has 4 nitrogen and oxygen atoms in total. The van der Waals surface area contributed by atoms with E-state index in [1.165, 1.54) is 0 Å². The average Bonchev–Trinajstić information content (AvgIpc) is 2.89. The number of hydrogen-bond donors (Lipinski definition) is 1. The van der Waals surface area contributed by atoms with Crippen LogP contribution in [-0.2, 0) is 13.4 Å². The zero-order valence-electron chi connectivity index (χ0n) is 12.7. The molecule has 0 bridgehead atoms. The van der Waals surface area contributed by atoms with E-state index in [9.17, 15) is 13.7 Å². The number of hydrogen-bond acceptors (Lipinski definition) is 4. The van der Waals surface area contributed by atoms with Crippen molar-refractivity contribution in [2.45, 2.75) is 30.7 Å². The second-order valence-corrected chi connectivity index (χ2v) is 9.00. The van der Waals surface area contributed by atoms with Crippen molar-refractivity contribution in [3.8, 4) is 0 Å². The Labute approximate surface area is 135 Å². The minimum atomic E-state index is -2.44. The van der Waals surface area contributed by atoms with Crippen LogP contribution < -0.4 is 4.46 Å². The third-order valence-electron chi connectivity index (χ3n) is 4.09. The second-order valence-electron chi connectivity index (χ2n) is 5.49. The van der Waals surface area contributed by atoms with Gasteiger partial charge in [0.1, 0.15) is 0 Å². The molecule has 0 saturated carbocycles. The van der Waals surface area contributed by atoms with E-state index in [4.69, 9.17) is 4.74 Å². The first-order valence-electron chi connectivity index (χ1n) is 7.51. The Morgan fingerprint density at radius 3 is 2.73 bits per heavy atom. The van der Waals surface area contributed by atoms with Crippen molar-refractivity contribution < 1.29 is 18.5 Å². The molecule has 1 fully saturated rings. The van der Waals surface area contributed by atoms with E-state index in [1.807, 2.05) is 37.3 Å². The summed E-state index contributed by atoms with van der Waals surface area (Å²) in [6, 6.07) is 9.19. The van der Waals surface area contributed by atoms with E-state index in [0.29, 0.717) is 19.4 Å². The fourth-order valence-electron chi connectivity index (χ4n) is 2.91. The molecular formula is C17H22O4Se.